The highest BCUT2D eigenvalue weighted by Gasteiger charge is 2.35. The Morgan fingerprint density at radius 1 is 1.17 bits per heavy atom. The Morgan fingerprint density at radius 2 is 1.94 bits per heavy atom. The van der Waals surface area contributed by atoms with Crippen LogP contribution in [0.25, 0.3) is 11.4 Å². The summed E-state index contributed by atoms with van der Waals surface area (Å²) >= 11 is 1.51. The lowest BCUT2D eigenvalue weighted by atomic mass is 10.0. The van der Waals surface area contributed by atoms with Crippen LogP contribution in [0.3, 0.4) is 0 Å². The molecule has 2 N–H and O–H groups in total. The number of nitro groups is 1. The molecule has 0 saturated carbocycles. The van der Waals surface area contributed by atoms with Gasteiger partial charge in [0.05, 0.1) is 23.3 Å². The Bertz CT molecular complexity index is 1440. The summed E-state index contributed by atoms with van der Waals surface area (Å²) in [5.41, 5.74) is 2.31. The van der Waals surface area contributed by atoms with Crippen molar-refractivity contribution in [2.45, 2.75) is 13.0 Å². The molecule has 0 bridgehead atoms. The molecule has 3 heterocycles. The Hall–Kier alpha value is -4.51. The third-order valence-corrected chi connectivity index (χ3v) is 6.53. The number of thiophene rings is 1. The second-order valence-electron chi connectivity index (χ2n) is 7.74. The van der Waals surface area contributed by atoms with Gasteiger partial charge in [-0.05, 0) is 42.6 Å². The van der Waals surface area contributed by atoms with Crippen molar-refractivity contribution in [2.24, 2.45) is 0 Å². The number of nitrogens with one attached hydrogen (secondary N) is 2. The minimum absolute atomic E-state index is 0.0138. The monoisotopic (exact) mass is 488 g/mol. The molecule has 1 aliphatic heterocycles. The van der Waals surface area contributed by atoms with E-state index in [1.54, 1.807) is 36.1 Å². The Morgan fingerprint density at radius 3 is 2.63 bits per heavy atom. The number of benzene rings is 2. The van der Waals surface area contributed by atoms with Crippen molar-refractivity contribution in [2.75, 3.05) is 17.7 Å². The van der Waals surface area contributed by atoms with Gasteiger partial charge in [-0.3, -0.25) is 14.9 Å². The van der Waals surface area contributed by atoms with Crippen LogP contribution in [0.4, 0.5) is 17.3 Å². The molecule has 1 atom stereocenters. The van der Waals surface area contributed by atoms with Crippen LogP contribution in [0.1, 0.15) is 17.8 Å². The zero-order valence-electron chi connectivity index (χ0n) is 18.8. The maximum Gasteiger partial charge on any atom is 0.269 e. The van der Waals surface area contributed by atoms with E-state index in [0.29, 0.717) is 40.0 Å². The molecular formula is C24H20N6O4S. The van der Waals surface area contributed by atoms with E-state index in [1.165, 1.54) is 23.5 Å². The number of hydrogen-bond acceptors (Lipinski definition) is 8. The fraction of sp³-hybridized carbons (Fsp3) is 0.125. The zero-order chi connectivity index (χ0) is 24.5. The van der Waals surface area contributed by atoms with Crippen LogP contribution >= 0.6 is 11.3 Å². The van der Waals surface area contributed by atoms with Crippen LogP contribution < -0.4 is 15.4 Å². The summed E-state index contributed by atoms with van der Waals surface area (Å²) in [6.07, 6.45) is 0. The lowest BCUT2D eigenvalue weighted by Gasteiger charge is -2.27. The van der Waals surface area contributed by atoms with E-state index < -0.39 is 11.0 Å². The first kappa shape index (κ1) is 22.3. The van der Waals surface area contributed by atoms with E-state index in [1.807, 2.05) is 36.6 Å². The van der Waals surface area contributed by atoms with E-state index in [-0.39, 0.29) is 11.6 Å². The number of carbonyl (C=O) groups is 1. The molecule has 1 unspecified atom stereocenters. The molecule has 0 fully saturated rings. The summed E-state index contributed by atoms with van der Waals surface area (Å²) in [7, 11) is 1.55. The number of methoxy groups -OCH3 is 1. The van der Waals surface area contributed by atoms with Gasteiger partial charge in [0.15, 0.2) is 5.82 Å². The van der Waals surface area contributed by atoms with Crippen LogP contribution in [0.5, 0.6) is 5.75 Å². The minimum Gasteiger partial charge on any atom is -0.495 e. The first-order chi connectivity index (χ1) is 17.0. The van der Waals surface area contributed by atoms with E-state index in [4.69, 9.17) is 4.74 Å². The number of fused-ring (bicyclic) bond motifs is 1. The van der Waals surface area contributed by atoms with Crippen molar-refractivity contribution in [3.8, 4) is 17.1 Å². The molecule has 0 spiro atoms. The van der Waals surface area contributed by atoms with Crippen molar-refractivity contribution in [3.05, 3.63) is 92.3 Å². The van der Waals surface area contributed by atoms with E-state index in [0.717, 1.165) is 4.88 Å². The maximum absolute atomic E-state index is 13.6. The van der Waals surface area contributed by atoms with Crippen LogP contribution in [-0.2, 0) is 4.79 Å². The zero-order valence-corrected chi connectivity index (χ0v) is 19.6. The molecule has 4 aromatic rings. The molecule has 0 saturated heterocycles. The average Bonchev–Trinajstić information content (AvgIpc) is 3.54. The molecule has 176 valence electrons. The number of nitro benzene ring substituents is 1. The summed E-state index contributed by atoms with van der Waals surface area (Å²) in [6.45, 7) is 1.82. The van der Waals surface area contributed by atoms with Crippen molar-refractivity contribution in [1.29, 1.82) is 0 Å². The van der Waals surface area contributed by atoms with Gasteiger partial charge in [0, 0.05) is 28.3 Å². The highest BCUT2D eigenvalue weighted by Crippen LogP contribution is 2.39. The number of ether oxygens (including phenoxy) is 1. The van der Waals surface area contributed by atoms with Crippen molar-refractivity contribution < 1.29 is 14.5 Å². The second kappa shape index (κ2) is 9.03. The van der Waals surface area contributed by atoms with Crippen molar-refractivity contribution in [1.82, 2.24) is 14.8 Å². The average molecular weight is 489 g/mol. The number of rotatable bonds is 6. The van der Waals surface area contributed by atoms with Crippen LogP contribution in [-0.4, -0.2) is 32.7 Å². The fourth-order valence-electron chi connectivity index (χ4n) is 3.95. The molecule has 11 heteroatoms. The van der Waals surface area contributed by atoms with Gasteiger partial charge in [0.1, 0.15) is 11.8 Å². The summed E-state index contributed by atoms with van der Waals surface area (Å²) in [6, 6.07) is 16.6. The first-order valence-electron chi connectivity index (χ1n) is 10.6. The predicted octanol–water partition coefficient (Wildman–Crippen LogP) is 4.85. The predicted molar refractivity (Wildman–Crippen MR) is 133 cm³/mol. The number of para-hydroxylation sites is 2. The molecule has 1 aliphatic rings. The number of anilines is 2. The topological polar surface area (TPSA) is 124 Å². The Balaban J connectivity index is 1.54. The summed E-state index contributed by atoms with van der Waals surface area (Å²) in [4.78, 5) is 29.6. The summed E-state index contributed by atoms with van der Waals surface area (Å²) < 4.78 is 7.05. The lowest BCUT2D eigenvalue weighted by molar-refractivity contribution is -0.384. The minimum atomic E-state index is -0.514. The number of aromatic nitrogens is 3. The highest BCUT2D eigenvalue weighted by atomic mass is 32.1. The standard InChI is InChI=1S/C24H20N6O4S/c1-14-20(23(31)26-17-6-3-4-7-18(17)34-2)21(19-8-5-13-35-19)29-24(25-14)27-22(28-29)15-9-11-16(12-10-15)30(32)33/h3-13,21H,1-2H3,(H,26,31)(H,25,27,28). The van der Waals surface area contributed by atoms with Gasteiger partial charge in [-0.15, -0.1) is 16.4 Å². The fourth-order valence-corrected chi connectivity index (χ4v) is 4.77. The smallest absolute Gasteiger partial charge is 0.269 e. The third-order valence-electron chi connectivity index (χ3n) is 5.60. The van der Waals surface area contributed by atoms with Gasteiger partial charge in [0.2, 0.25) is 5.95 Å². The quantitative estimate of drug-likeness (QED) is 0.294. The molecular weight excluding hydrogens is 468 g/mol. The largest absolute Gasteiger partial charge is 0.495 e. The third kappa shape index (κ3) is 4.13. The Labute approximate surface area is 204 Å². The van der Waals surface area contributed by atoms with Crippen molar-refractivity contribution in [3.63, 3.8) is 0 Å². The molecule has 1 amide bonds. The SMILES string of the molecule is COc1ccccc1NC(=O)C1=C(C)Nc2nc(-c3ccc([N+](=O)[O-])cc3)nn2C1c1cccs1. The van der Waals surface area contributed by atoms with Gasteiger partial charge < -0.3 is 15.4 Å². The van der Waals surface area contributed by atoms with E-state index in [2.05, 4.69) is 20.7 Å². The van der Waals surface area contributed by atoms with E-state index >= 15 is 0 Å². The van der Waals surface area contributed by atoms with Gasteiger partial charge in [-0.2, -0.15) is 4.98 Å². The molecule has 35 heavy (non-hydrogen) atoms. The number of allylic oxidation sites excluding steroid dienone is 1. The second-order valence-corrected chi connectivity index (χ2v) is 8.72. The number of non-ortho nitro benzene ring substituents is 1. The summed E-state index contributed by atoms with van der Waals surface area (Å²) in [5.74, 6) is 1.12. The van der Waals surface area contributed by atoms with Crippen LogP contribution in [0, 0.1) is 10.1 Å². The number of nitrogens with zero attached hydrogens (tertiary/aromatic N) is 4. The molecule has 2 aromatic heterocycles. The van der Waals surface area contributed by atoms with Gasteiger partial charge in [0.25, 0.3) is 11.6 Å². The molecule has 0 radical (unpaired) electrons. The Kier molecular flexibility index (Phi) is 5.75. The molecule has 0 aliphatic carbocycles. The van der Waals surface area contributed by atoms with Crippen LogP contribution in [0.15, 0.2) is 77.3 Å². The molecule has 2 aromatic carbocycles. The highest BCUT2D eigenvalue weighted by molar-refractivity contribution is 7.10. The first-order valence-corrected chi connectivity index (χ1v) is 11.5. The number of hydrogen-bond donors (Lipinski definition) is 2. The maximum atomic E-state index is 13.6. The van der Waals surface area contributed by atoms with Crippen LogP contribution in [0.2, 0.25) is 0 Å². The van der Waals surface area contributed by atoms with Gasteiger partial charge in [-0.1, -0.05) is 18.2 Å². The summed E-state index contributed by atoms with van der Waals surface area (Å²) in [5, 5.41) is 23.8. The van der Waals surface area contributed by atoms with Gasteiger partial charge in [-0.25, -0.2) is 4.68 Å². The van der Waals surface area contributed by atoms with Crippen molar-refractivity contribution >= 4 is 34.6 Å². The van der Waals surface area contributed by atoms with E-state index in [9.17, 15) is 14.9 Å². The van der Waals surface area contributed by atoms with Gasteiger partial charge >= 0.3 is 0 Å². The molecule has 5 rings (SSSR count). The lowest BCUT2D eigenvalue weighted by Crippen LogP contribution is -2.31. The normalized spacial score (nSPS) is 14.7. The molecule has 10 nitrogen and oxygen atoms in total. The number of carbonyl (C=O) groups excluding carboxylic acids is 1. The number of amides is 1.